The molecule has 2 heteroatoms. The van der Waals surface area contributed by atoms with Crippen molar-refractivity contribution in [2.45, 2.75) is 38.5 Å². The van der Waals surface area contributed by atoms with E-state index in [0.29, 0.717) is 11.7 Å². The topological polar surface area (TPSA) is 29.1 Å². The lowest BCUT2D eigenvalue weighted by atomic mass is 9.69. The summed E-state index contributed by atoms with van der Waals surface area (Å²) in [6.07, 6.45) is 3.84. The first-order valence-corrected chi connectivity index (χ1v) is 7.01. The summed E-state index contributed by atoms with van der Waals surface area (Å²) in [6.45, 7) is 4.13. The molecule has 1 fully saturated rings. The van der Waals surface area contributed by atoms with Crippen molar-refractivity contribution in [2.24, 2.45) is 5.41 Å². The van der Waals surface area contributed by atoms with Gasteiger partial charge >= 0.3 is 0 Å². The summed E-state index contributed by atoms with van der Waals surface area (Å²) in [7, 11) is 0. The molecular formula is C16H21NO. The Morgan fingerprint density at radius 3 is 2.78 bits per heavy atom. The third-order valence-electron chi connectivity index (χ3n) is 4.77. The highest BCUT2D eigenvalue weighted by atomic mass is 16.1. The first kappa shape index (κ1) is 11.9. The molecule has 1 aromatic carbocycles. The van der Waals surface area contributed by atoms with E-state index in [1.165, 1.54) is 11.1 Å². The molecule has 1 heterocycles. The summed E-state index contributed by atoms with van der Waals surface area (Å²) in [5, 5.41) is 3.34. The van der Waals surface area contributed by atoms with Crippen molar-refractivity contribution in [3.8, 4) is 0 Å². The molecule has 0 aromatic heterocycles. The molecule has 1 aliphatic heterocycles. The van der Waals surface area contributed by atoms with E-state index >= 15 is 0 Å². The van der Waals surface area contributed by atoms with Gasteiger partial charge in [-0.1, -0.05) is 31.2 Å². The molecular weight excluding hydrogens is 222 g/mol. The summed E-state index contributed by atoms with van der Waals surface area (Å²) in [5.74, 6) is 0.962. The molecule has 0 spiro atoms. The van der Waals surface area contributed by atoms with E-state index in [1.54, 1.807) is 0 Å². The molecule has 3 rings (SSSR count). The van der Waals surface area contributed by atoms with Crippen LogP contribution in [0.25, 0.3) is 0 Å². The van der Waals surface area contributed by atoms with Crippen LogP contribution in [-0.4, -0.2) is 18.9 Å². The number of piperidine rings is 1. The fraction of sp³-hybridized carbons (Fsp3) is 0.562. The van der Waals surface area contributed by atoms with Gasteiger partial charge in [0.15, 0.2) is 0 Å². The van der Waals surface area contributed by atoms with Gasteiger partial charge in [0.25, 0.3) is 0 Å². The van der Waals surface area contributed by atoms with Crippen LogP contribution in [0, 0.1) is 5.41 Å². The van der Waals surface area contributed by atoms with Crippen LogP contribution in [0.5, 0.6) is 0 Å². The van der Waals surface area contributed by atoms with Gasteiger partial charge in [-0.25, -0.2) is 0 Å². The molecule has 96 valence electrons. The summed E-state index contributed by atoms with van der Waals surface area (Å²) >= 11 is 0. The van der Waals surface area contributed by atoms with E-state index in [2.05, 4.69) is 36.5 Å². The van der Waals surface area contributed by atoms with Gasteiger partial charge in [-0.2, -0.15) is 0 Å². The van der Waals surface area contributed by atoms with E-state index in [4.69, 9.17) is 0 Å². The third kappa shape index (κ3) is 1.99. The molecule has 0 saturated carbocycles. The zero-order valence-electron chi connectivity index (χ0n) is 11.0. The van der Waals surface area contributed by atoms with E-state index in [0.717, 1.165) is 38.8 Å². The number of fused-ring (bicyclic) bond motifs is 1. The number of benzene rings is 1. The lowest BCUT2D eigenvalue weighted by molar-refractivity contribution is -0.129. The third-order valence-corrected chi connectivity index (χ3v) is 4.77. The maximum Gasteiger partial charge on any atom is 0.139 e. The van der Waals surface area contributed by atoms with Gasteiger partial charge in [-0.3, -0.25) is 4.79 Å². The van der Waals surface area contributed by atoms with E-state index < -0.39 is 0 Å². The fourth-order valence-corrected chi connectivity index (χ4v) is 3.27. The number of nitrogens with one attached hydrogen (secondary N) is 1. The monoisotopic (exact) mass is 243 g/mol. The smallest absolute Gasteiger partial charge is 0.139 e. The first-order valence-electron chi connectivity index (χ1n) is 7.01. The molecule has 0 amide bonds. The van der Waals surface area contributed by atoms with Crippen LogP contribution in [0.3, 0.4) is 0 Å². The Labute approximate surface area is 109 Å². The second kappa shape index (κ2) is 4.51. The number of ketones is 1. The number of Topliss-reactive ketones (excluding diaryl/α,β-unsaturated/α-hetero) is 1. The second-order valence-corrected chi connectivity index (χ2v) is 6.04. The van der Waals surface area contributed by atoms with Gasteiger partial charge in [-0.15, -0.1) is 0 Å². The summed E-state index contributed by atoms with van der Waals surface area (Å²) in [6, 6.07) is 8.54. The maximum absolute atomic E-state index is 12.5. The van der Waals surface area contributed by atoms with Crippen molar-refractivity contribution in [1.29, 1.82) is 0 Å². The van der Waals surface area contributed by atoms with Gasteiger partial charge in [0.05, 0.1) is 0 Å². The molecule has 2 nitrogen and oxygen atoms in total. The fourth-order valence-electron chi connectivity index (χ4n) is 3.27. The van der Waals surface area contributed by atoms with Gasteiger partial charge < -0.3 is 5.32 Å². The number of carbonyl (C=O) groups excluding carboxylic acids is 1. The van der Waals surface area contributed by atoms with Crippen LogP contribution in [0.15, 0.2) is 24.3 Å². The van der Waals surface area contributed by atoms with Gasteiger partial charge in [0, 0.05) is 11.8 Å². The second-order valence-electron chi connectivity index (χ2n) is 6.04. The molecule has 1 saturated heterocycles. The standard InChI is InChI=1S/C16H21NO/c1-16(6-8-17-9-7-16)15(18)11-13-10-12-4-2-3-5-14(12)13/h2-5,13,17H,6-11H2,1H3. The van der Waals surface area contributed by atoms with Crippen LogP contribution in [0.1, 0.15) is 43.2 Å². The van der Waals surface area contributed by atoms with E-state index in [-0.39, 0.29) is 5.41 Å². The van der Waals surface area contributed by atoms with Gasteiger partial charge in [0.2, 0.25) is 0 Å². The number of carbonyl (C=O) groups is 1. The number of hydrogen-bond acceptors (Lipinski definition) is 2. The van der Waals surface area contributed by atoms with Gasteiger partial charge in [0.1, 0.15) is 5.78 Å². The average molecular weight is 243 g/mol. The van der Waals surface area contributed by atoms with E-state index in [1.807, 2.05) is 0 Å². The van der Waals surface area contributed by atoms with Crippen molar-refractivity contribution < 1.29 is 4.79 Å². The van der Waals surface area contributed by atoms with Gasteiger partial charge in [-0.05, 0) is 49.4 Å². The Bertz CT molecular complexity index is 460. The molecule has 18 heavy (non-hydrogen) atoms. The minimum absolute atomic E-state index is 0.0736. The molecule has 1 aromatic rings. The van der Waals surface area contributed by atoms with E-state index in [9.17, 15) is 4.79 Å². The zero-order valence-corrected chi connectivity index (χ0v) is 11.0. The number of hydrogen-bond donors (Lipinski definition) is 1. The highest BCUT2D eigenvalue weighted by Crippen LogP contribution is 2.40. The zero-order chi connectivity index (χ0) is 12.6. The highest BCUT2D eigenvalue weighted by molar-refractivity contribution is 5.85. The molecule has 1 unspecified atom stereocenters. The lowest BCUT2D eigenvalue weighted by Crippen LogP contribution is -2.41. The maximum atomic E-state index is 12.5. The molecule has 0 bridgehead atoms. The van der Waals surface area contributed by atoms with Crippen LogP contribution < -0.4 is 5.32 Å². The molecule has 1 N–H and O–H groups in total. The van der Waals surface area contributed by atoms with Crippen LogP contribution in [0.4, 0.5) is 0 Å². The van der Waals surface area contributed by atoms with Crippen molar-refractivity contribution in [3.63, 3.8) is 0 Å². The Morgan fingerprint density at radius 2 is 2.06 bits per heavy atom. The predicted molar refractivity (Wildman–Crippen MR) is 72.7 cm³/mol. The summed E-state index contributed by atoms with van der Waals surface area (Å²) in [5.41, 5.74) is 2.77. The first-order chi connectivity index (χ1) is 8.69. The Morgan fingerprint density at radius 1 is 1.33 bits per heavy atom. The van der Waals surface area contributed by atoms with Crippen molar-refractivity contribution in [2.75, 3.05) is 13.1 Å². The molecule has 1 aliphatic carbocycles. The average Bonchev–Trinajstić information content (AvgIpc) is 2.36. The molecule has 1 atom stereocenters. The minimum Gasteiger partial charge on any atom is -0.317 e. The minimum atomic E-state index is -0.0736. The quantitative estimate of drug-likeness (QED) is 0.884. The Balaban J connectivity index is 1.66. The lowest BCUT2D eigenvalue weighted by Gasteiger charge is -2.36. The van der Waals surface area contributed by atoms with Crippen molar-refractivity contribution in [1.82, 2.24) is 5.32 Å². The highest BCUT2D eigenvalue weighted by Gasteiger charge is 2.37. The van der Waals surface area contributed by atoms with Crippen LogP contribution in [0.2, 0.25) is 0 Å². The predicted octanol–water partition coefficient (Wildman–Crippen LogP) is 2.68. The summed E-state index contributed by atoms with van der Waals surface area (Å²) < 4.78 is 0. The number of rotatable bonds is 3. The summed E-state index contributed by atoms with van der Waals surface area (Å²) in [4.78, 5) is 12.5. The molecule has 2 aliphatic rings. The van der Waals surface area contributed by atoms with Crippen LogP contribution in [-0.2, 0) is 11.2 Å². The molecule has 0 radical (unpaired) electrons. The van der Waals surface area contributed by atoms with Crippen molar-refractivity contribution >= 4 is 5.78 Å². The SMILES string of the molecule is CC1(C(=O)CC2Cc3ccccc32)CCNCC1. The normalized spacial score (nSPS) is 25.1. The Kier molecular flexibility index (Phi) is 2.98. The van der Waals surface area contributed by atoms with Crippen molar-refractivity contribution in [3.05, 3.63) is 35.4 Å². The Hall–Kier alpha value is -1.15. The van der Waals surface area contributed by atoms with Crippen LogP contribution >= 0.6 is 0 Å². The largest absolute Gasteiger partial charge is 0.317 e.